The summed E-state index contributed by atoms with van der Waals surface area (Å²) in [5.41, 5.74) is 5.40. The number of carbonyl (C=O) groups is 2. The number of amides is 2. The van der Waals surface area contributed by atoms with Crippen LogP contribution in [0.25, 0.3) is 0 Å². The molecular formula is C12H16N6O3S2. The maximum atomic E-state index is 12.3. The van der Waals surface area contributed by atoms with Crippen LogP contribution in [-0.2, 0) is 11.3 Å². The fourth-order valence-corrected chi connectivity index (χ4v) is 3.07. The van der Waals surface area contributed by atoms with Gasteiger partial charge in [-0.1, -0.05) is 23.1 Å². The summed E-state index contributed by atoms with van der Waals surface area (Å²) in [6.07, 6.45) is 1.62. The van der Waals surface area contributed by atoms with Crippen LogP contribution in [0, 0.1) is 0 Å². The molecule has 0 aliphatic carbocycles. The third kappa shape index (κ3) is 4.66. The number of hydrogen-bond donors (Lipinski definition) is 2. The van der Waals surface area contributed by atoms with E-state index in [2.05, 4.69) is 20.6 Å². The first-order valence-electron chi connectivity index (χ1n) is 6.79. The highest BCUT2D eigenvalue weighted by molar-refractivity contribution is 8.01. The Morgan fingerprint density at radius 3 is 2.87 bits per heavy atom. The van der Waals surface area contributed by atoms with E-state index in [1.165, 1.54) is 11.8 Å². The molecule has 2 aromatic heterocycles. The van der Waals surface area contributed by atoms with Gasteiger partial charge in [-0.2, -0.15) is 0 Å². The van der Waals surface area contributed by atoms with Gasteiger partial charge in [-0.15, -0.1) is 15.3 Å². The molecule has 0 radical (unpaired) electrons. The van der Waals surface area contributed by atoms with E-state index < -0.39 is 5.91 Å². The average Bonchev–Trinajstić information content (AvgIpc) is 3.12. The lowest BCUT2D eigenvalue weighted by atomic mass is 10.3. The number of aromatic nitrogens is 4. The monoisotopic (exact) mass is 356 g/mol. The van der Waals surface area contributed by atoms with E-state index in [4.69, 9.17) is 10.5 Å². The fraction of sp³-hybridized carbons (Fsp3) is 0.417. The first-order valence-corrected chi connectivity index (χ1v) is 8.59. The number of thioether (sulfide) groups is 1. The number of hydrogen-bond acceptors (Lipinski definition) is 8. The smallest absolute Gasteiger partial charge is 0.264 e. The zero-order valence-electron chi connectivity index (χ0n) is 12.6. The number of nitrogens with two attached hydrogens (primary N) is 1. The SMILES string of the molecule is CCOc1nn(CC)cc1C(=O)Nc1nnc(SCC(N)=O)s1. The van der Waals surface area contributed by atoms with Crippen molar-refractivity contribution in [3.8, 4) is 5.88 Å². The molecule has 0 aliphatic rings. The van der Waals surface area contributed by atoms with Gasteiger partial charge in [-0.05, 0) is 13.8 Å². The Kier molecular flexibility index (Phi) is 5.93. The van der Waals surface area contributed by atoms with Gasteiger partial charge in [0, 0.05) is 12.7 Å². The summed E-state index contributed by atoms with van der Waals surface area (Å²) in [7, 11) is 0. The van der Waals surface area contributed by atoms with Gasteiger partial charge in [-0.3, -0.25) is 19.6 Å². The standard InChI is InChI=1S/C12H16N6O3S2/c1-3-18-5-7(10(17-18)21-4-2)9(20)14-11-15-16-12(23-11)22-6-8(13)19/h5H,3-4,6H2,1-2H3,(H2,13,19)(H,14,15,20). The number of nitrogens with one attached hydrogen (secondary N) is 1. The van der Waals surface area contributed by atoms with Crippen LogP contribution in [0.15, 0.2) is 10.5 Å². The van der Waals surface area contributed by atoms with E-state index in [1.807, 2.05) is 13.8 Å². The van der Waals surface area contributed by atoms with E-state index in [-0.39, 0.29) is 17.5 Å². The van der Waals surface area contributed by atoms with E-state index in [0.717, 1.165) is 11.3 Å². The lowest BCUT2D eigenvalue weighted by molar-refractivity contribution is -0.115. The number of ether oxygens (including phenoxy) is 1. The van der Waals surface area contributed by atoms with Crippen molar-refractivity contribution in [3.63, 3.8) is 0 Å². The molecule has 0 spiro atoms. The Morgan fingerprint density at radius 1 is 1.43 bits per heavy atom. The van der Waals surface area contributed by atoms with E-state index in [0.29, 0.717) is 28.2 Å². The molecule has 2 amide bonds. The van der Waals surface area contributed by atoms with Gasteiger partial charge in [0.15, 0.2) is 4.34 Å². The van der Waals surface area contributed by atoms with Gasteiger partial charge in [0.05, 0.1) is 12.4 Å². The Balaban J connectivity index is 2.07. The van der Waals surface area contributed by atoms with Crippen LogP contribution in [0.4, 0.5) is 5.13 Å². The van der Waals surface area contributed by atoms with Gasteiger partial charge in [0.2, 0.25) is 16.9 Å². The number of rotatable bonds is 8. The highest BCUT2D eigenvalue weighted by Crippen LogP contribution is 2.26. The van der Waals surface area contributed by atoms with Gasteiger partial charge in [0.1, 0.15) is 5.56 Å². The zero-order chi connectivity index (χ0) is 16.8. The maximum Gasteiger partial charge on any atom is 0.264 e. The number of aryl methyl sites for hydroxylation is 1. The van der Waals surface area contributed by atoms with Gasteiger partial charge < -0.3 is 10.5 Å². The van der Waals surface area contributed by atoms with Crippen molar-refractivity contribution in [1.29, 1.82) is 0 Å². The molecule has 23 heavy (non-hydrogen) atoms. The fourth-order valence-electron chi connectivity index (χ4n) is 1.58. The summed E-state index contributed by atoms with van der Waals surface area (Å²) >= 11 is 2.33. The van der Waals surface area contributed by atoms with Crippen LogP contribution in [0.2, 0.25) is 0 Å². The second-order valence-corrected chi connectivity index (χ2v) is 6.42. The summed E-state index contributed by atoms with van der Waals surface area (Å²) in [6, 6.07) is 0. The molecule has 2 heterocycles. The van der Waals surface area contributed by atoms with Crippen molar-refractivity contribution in [2.75, 3.05) is 17.7 Å². The molecule has 0 saturated heterocycles. The molecule has 2 aromatic rings. The molecule has 0 saturated carbocycles. The van der Waals surface area contributed by atoms with Crippen molar-refractivity contribution >= 4 is 40.0 Å². The third-order valence-electron chi connectivity index (χ3n) is 2.54. The number of anilines is 1. The van der Waals surface area contributed by atoms with Crippen LogP contribution >= 0.6 is 23.1 Å². The Labute approximate surface area is 140 Å². The molecule has 2 rings (SSSR count). The molecule has 3 N–H and O–H groups in total. The van der Waals surface area contributed by atoms with Crippen molar-refractivity contribution in [2.24, 2.45) is 5.73 Å². The minimum atomic E-state index is -0.441. The van der Waals surface area contributed by atoms with Crippen molar-refractivity contribution in [1.82, 2.24) is 20.0 Å². The lowest BCUT2D eigenvalue weighted by Gasteiger charge is -2.02. The largest absolute Gasteiger partial charge is 0.476 e. The predicted molar refractivity (Wildman–Crippen MR) is 86.9 cm³/mol. The molecule has 124 valence electrons. The zero-order valence-corrected chi connectivity index (χ0v) is 14.2. The minimum Gasteiger partial charge on any atom is -0.476 e. The van der Waals surface area contributed by atoms with E-state index in [1.54, 1.807) is 10.9 Å². The number of nitrogens with zero attached hydrogens (tertiary/aromatic N) is 4. The molecule has 0 unspecified atom stereocenters. The van der Waals surface area contributed by atoms with Crippen LogP contribution in [-0.4, -0.2) is 44.2 Å². The second-order valence-electron chi connectivity index (χ2n) is 4.22. The summed E-state index contributed by atoms with van der Waals surface area (Å²) in [6.45, 7) is 4.77. The summed E-state index contributed by atoms with van der Waals surface area (Å²) < 4.78 is 7.54. The third-order valence-corrected chi connectivity index (χ3v) is 4.54. The van der Waals surface area contributed by atoms with Gasteiger partial charge in [-0.25, -0.2) is 0 Å². The van der Waals surface area contributed by atoms with Crippen molar-refractivity contribution < 1.29 is 14.3 Å². The molecular weight excluding hydrogens is 340 g/mol. The van der Waals surface area contributed by atoms with Crippen LogP contribution in [0.5, 0.6) is 5.88 Å². The maximum absolute atomic E-state index is 12.3. The first-order chi connectivity index (χ1) is 11.0. The highest BCUT2D eigenvalue weighted by Gasteiger charge is 2.19. The van der Waals surface area contributed by atoms with Crippen LogP contribution in [0.1, 0.15) is 24.2 Å². The lowest BCUT2D eigenvalue weighted by Crippen LogP contribution is -2.12. The summed E-state index contributed by atoms with van der Waals surface area (Å²) in [4.78, 5) is 23.1. The predicted octanol–water partition coefficient (Wildman–Crippen LogP) is 0.983. The quantitative estimate of drug-likeness (QED) is 0.533. The normalized spacial score (nSPS) is 10.5. The Bertz CT molecular complexity index is 699. The van der Waals surface area contributed by atoms with Gasteiger partial charge >= 0.3 is 0 Å². The van der Waals surface area contributed by atoms with Crippen LogP contribution < -0.4 is 15.8 Å². The second kappa shape index (κ2) is 7.92. The number of carbonyl (C=O) groups excluding carboxylic acids is 2. The molecule has 9 nitrogen and oxygen atoms in total. The van der Waals surface area contributed by atoms with Crippen molar-refractivity contribution in [3.05, 3.63) is 11.8 Å². The minimum absolute atomic E-state index is 0.111. The first kappa shape index (κ1) is 17.2. The molecule has 0 aliphatic heterocycles. The Morgan fingerprint density at radius 2 is 2.22 bits per heavy atom. The number of primary amides is 1. The average molecular weight is 356 g/mol. The summed E-state index contributed by atoms with van der Waals surface area (Å²) in [5, 5.41) is 14.9. The van der Waals surface area contributed by atoms with Gasteiger partial charge in [0.25, 0.3) is 5.91 Å². The molecule has 0 atom stereocenters. The molecule has 0 bridgehead atoms. The van der Waals surface area contributed by atoms with Crippen LogP contribution in [0.3, 0.4) is 0 Å². The van der Waals surface area contributed by atoms with Crippen molar-refractivity contribution in [2.45, 2.75) is 24.7 Å². The topological polar surface area (TPSA) is 125 Å². The highest BCUT2D eigenvalue weighted by atomic mass is 32.2. The molecule has 0 aromatic carbocycles. The summed E-state index contributed by atoms with van der Waals surface area (Å²) in [5.74, 6) is -0.431. The Hall–Kier alpha value is -2.14. The molecule has 11 heteroatoms. The van der Waals surface area contributed by atoms with E-state index >= 15 is 0 Å². The van der Waals surface area contributed by atoms with E-state index in [9.17, 15) is 9.59 Å². The molecule has 0 fully saturated rings.